The van der Waals surface area contributed by atoms with Crippen LogP contribution in [0.1, 0.15) is 59.4 Å². The van der Waals surface area contributed by atoms with E-state index in [0.717, 1.165) is 0 Å². The van der Waals surface area contributed by atoms with Crippen LogP contribution in [0.3, 0.4) is 0 Å². The molecule has 5 heteroatoms. The number of amides is 1. The lowest BCUT2D eigenvalue weighted by Crippen LogP contribution is -2.76. The zero-order valence-corrected chi connectivity index (χ0v) is 16.5. The molecule has 0 aliphatic heterocycles. The van der Waals surface area contributed by atoms with Gasteiger partial charge in [-0.2, -0.15) is 0 Å². The molecule has 1 aliphatic carbocycles. The Morgan fingerprint density at radius 1 is 1.27 bits per heavy atom. The number of aliphatic carboxylic acids is 1. The molecule has 2 atom stereocenters. The quantitative estimate of drug-likeness (QED) is 0.743. The molecule has 1 saturated carbocycles. The summed E-state index contributed by atoms with van der Waals surface area (Å²) in [6.07, 6.45) is 1.07. The number of rotatable bonds is 8. The van der Waals surface area contributed by atoms with Gasteiger partial charge >= 0.3 is 5.97 Å². The second-order valence-corrected chi connectivity index (χ2v) is 8.38. The summed E-state index contributed by atoms with van der Waals surface area (Å²) in [6, 6.07) is 10.1. The average molecular weight is 361 g/mol. The first-order valence-electron chi connectivity index (χ1n) is 9.28. The van der Waals surface area contributed by atoms with E-state index < -0.39 is 16.9 Å². The van der Waals surface area contributed by atoms with Gasteiger partial charge in [0.05, 0.1) is 6.10 Å². The van der Waals surface area contributed by atoms with Crippen molar-refractivity contribution in [3.63, 3.8) is 0 Å². The summed E-state index contributed by atoms with van der Waals surface area (Å²) in [5, 5.41) is 12.6. The Morgan fingerprint density at radius 3 is 2.38 bits per heavy atom. The number of carboxylic acid groups (broad SMARTS) is 1. The first-order valence-corrected chi connectivity index (χ1v) is 9.28. The Kier molecular flexibility index (Phi) is 5.81. The first kappa shape index (κ1) is 20.4. The van der Waals surface area contributed by atoms with Crippen LogP contribution in [0.25, 0.3) is 0 Å². The van der Waals surface area contributed by atoms with Gasteiger partial charge in [-0.15, -0.1) is 0 Å². The summed E-state index contributed by atoms with van der Waals surface area (Å²) in [5.74, 6) is -1.21. The second-order valence-electron chi connectivity index (χ2n) is 8.38. The van der Waals surface area contributed by atoms with Gasteiger partial charge in [0, 0.05) is 24.9 Å². The summed E-state index contributed by atoms with van der Waals surface area (Å²) in [4.78, 5) is 24.5. The molecule has 0 heterocycles. The second kappa shape index (κ2) is 7.39. The molecule has 5 nitrogen and oxygen atoms in total. The van der Waals surface area contributed by atoms with E-state index in [1.807, 2.05) is 39.0 Å². The lowest BCUT2D eigenvalue weighted by molar-refractivity contribution is -0.194. The average Bonchev–Trinajstić information content (AvgIpc) is 2.59. The van der Waals surface area contributed by atoms with Crippen molar-refractivity contribution in [2.24, 2.45) is 5.41 Å². The largest absolute Gasteiger partial charge is 0.479 e. The first-order chi connectivity index (χ1) is 12.1. The van der Waals surface area contributed by atoms with Gasteiger partial charge in [-0.3, -0.25) is 4.79 Å². The highest BCUT2D eigenvalue weighted by Gasteiger charge is 2.66. The summed E-state index contributed by atoms with van der Waals surface area (Å²) in [6.45, 7) is 10.3. The van der Waals surface area contributed by atoms with Crippen LogP contribution in [-0.4, -0.2) is 35.2 Å². The summed E-state index contributed by atoms with van der Waals surface area (Å²) in [7, 11) is 0. The third-order valence-corrected chi connectivity index (χ3v) is 6.01. The number of benzene rings is 1. The van der Waals surface area contributed by atoms with Crippen LogP contribution in [0.4, 0.5) is 0 Å². The van der Waals surface area contributed by atoms with Crippen LogP contribution in [0, 0.1) is 5.41 Å². The van der Waals surface area contributed by atoms with E-state index in [-0.39, 0.29) is 23.8 Å². The van der Waals surface area contributed by atoms with E-state index in [9.17, 15) is 14.7 Å². The molecular weight excluding hydrogens is 330 g/mol. The van der Waals surface area contributed by atoms with Crippen LogP contribution in [0.5, 0.6) is 0 Å². The Hall–Kier alpha value is -1.88. The summed E-state index contributed by atoms with van der Waals surface area (Å²) in [5.41, 5.74) is -0.903. The number of hydrogen-bond donors (Lipinski definition) is 2. The molecule has 0 radical (unpaired) electrons. The number of hydrogen-bond acceptors (Lipinski definition) is 3. The number of carbonyl (C=O) groups excluding carboxylic acids is 1. The zero-order chi connectivity index (χ0) is 19.6. The van der Waals surface area contributed by atoms with Gasteiger partial charge < -0.3 is 15.2 Å². The van der Waals surface area contributed by atoms with Crippen molar-refractivity contribution in [1.82, 2.24) is 5.32 Å². The molecule has 0 aromatic heterocycles. The fourth-order valence-electron chi connectivity index (χ4n) is 3.80. The fourth-order valence-corrected chi connectivity index (χ4v) is 3.80. The van der Waals surface area contributed by atoms with Gasteiger partial charge in [-0.25, -0.2) is 4.79 Å². The maximum absolute atomic E-state index is 12.6. The van der Waals surface area contributed by atoms with Crippen molar-refractivity contribution in [3.05, 3.63) is 35.9 Å². The van der Waals surface area contributed by atoms with E-state index in [2.05, 4.69) is 31.3 Å². The Balaban J connectivity index is 2.03. The smallest absolute Gasteiger partial charge is 0.330 e. The molecule has 0 spiro atoms. The molecule has 2 N–H and O–H groups in total. The molecule has 0 saturated heterocycles. The molecule has 1 amide bonds. The van der Waals surface area contributed by atoms with Gasteiger partial charge in [0.15, 0.2) is 0 Å². The molecule has 26 heavy (non-hydrogen) atoms. The Labute approximate surface area is 156 Å². The van der Waals surface area contributed by atoms with Crippen molar-refractivity contribution in [1.29, 1.82) is 0 Å². The number of nitrogens with one attached hydrogen (secondary N) is 1. The molecule has 1 aliphatic rings. The predicted molar refractivity (Wildman–Crippen MR) is 101 cm³/mol. The zero-order valence-electron chi connectivity index (χ0n) is 16.5. The standard InChI is InChI=1S/C21H31NO4/c1-6-26-16-14-21(18(24)25,20(16,4)5)22-17(23)12-13-19(2,3)15-10-8-7-9-11-15/h7-11,16H,6,12-14H2,1-5H3,(H,22,23)(H,24,25). The minimum absolute atomic E-state index is 0.155. The van der Waals surface area contributed by atoms with Gasteiger partial charge in [-0.1, -0.05) is 58.0 Å². The van der Waals surface area contributed by atoms with Crippen LogP contribution < -0.4 is 5.32 Å². The topological polar surface area (TPSA) is 75.6 Å². The minimum atomic E-state index is -1.26. The van der Waals surface area contributed by atoms with E-state index >= 15 is 0 Å². The van der Waals surface area contributed by atoms with Crippen molar-refractivity contribution in [2.75, 3.05) is 6.61 Å². The Morgan fingerprint density at radius 2 is 1.88 bits per heavy atom. The fraction of sp³-hybridized carbons (Fsp3) is 0.619. The molecule has 1 aromatic rings. The lowest BCUT2D eigenvalue weighted by atomic mass is 9.54. The van der Waals surface area contributed by atoms with E-state index in [1.54, 1.807) is 0 Å². The van der Waals surface area contributed by atoms with E-state index in [1.165, 1.54) is 5.56 Å². The number of carbonyl (C=O) groups is 2. The van der Waals surface area contributed by atoms with E-state index in [4.69, 9.17) is 4.74 Å². The summed E-state index contributed by atoms with van der Waals surface area (Å²) >= 11 is 0. The van der Waals surface area contributed by atoms with Crippen molar-refractivity contribution in [3.8, 4) is 0 Å². The molecular formula is C21H31NO4. The normalized spacial score (nSPS) is 24.6. The number of ether oxygens (including phenoxy) is 1. The predicted octanol–water partition coefficient (Wildman–Crippen LogP) is 3.52. The molecule has 1 aromatic carbocycles. The van der Waals surface area contributed by atoms with Crippen LogP contribution in [-0.2, 0) is 19.7 Å². The highest BCUT2D eigenvalue weighted by Crippen LogP contribution is 2.51. The van der Waals surface area contributed by atoms with Crippen LogP contribution in [0.15, 0.2) is 30.3 Å². The highest BCUT2D eigenvalue weighted by molar-refractivity contribution is 5.89. The monoisotopic (exact) mass is 361 g/mol. The van der Waals surface area contributed by atoms with Crippen molar-refractivity contribution < 1.29 is 19.4 Å². The molecule has 1 fully saturated rings. The van der Waals surface area contributed by atoms with Crippen molar-refractivity contribution >= 4 is 11.9 Å². The SMILES string of the molecule is CCOC1CC(NC(=O)CCC(C)(C)c2ccccc2)(C(=O)O)C1(C)C. The highest BCUT2D eigenvalue weighted by atomic mass is 16.5. The third-order valence-electron chi connectivity index (χ3n) is 6.01. The maximum Gasteiger partial charge on any atom is 0.330 e. The molecule has 2 unspecified atom stereocenters. The van der Waals surface area contributed by atoms with E-state index in [0.29, 0.717) is 19.4 Å². The van der Waals surface area contributed by atoms with Gasteiger partial charge in [0.1, 0.15) is 5.54 Å². The molecule has 144 valence electrons. The summed E-state index contributed by atoms with van der Waals surface area (Å²) < 4.78 is 5.64. The lowest BCUT2D eigenvalue weighted by Gasteiger charge is -2.58. The van der Waals surface area contributed by atoms with Crippen molar-refractivity contribution in [2.45, 2.75) is 70.9 Å². The number of carboxylic acids is 1. The molecule has 2 rings (SSSR count). The van der Waals surface area contributed by atoms with Gasteiger partial charge in [-0.05, 0) is 24.3 Å². The maximum atomic E-state index is 12.6. The van der Waals surface area contributed by atoms with Crippen LogP contribution in [0.2, 0.25) is 0 Å². The Bertz CT molecular complexity index is 653. The van der Waals surface area contributed by atoms with Crippen LogP contribution >= 0.6 is 0 Å². The van der Waals surface area contributed by atoms with Gasteiger partial charge in [0.2, 0.25) is 5.91 Å². The van der Waals surface area contributed by atoms with Gasteiger partial charge in [0.25, 0.3) is 0 Å². The minimum Gasteiger partial charge on any atom is -0.479 e. The molecule has 0 bridgehead atoms. The third kappa shape index (κ3) is 3.63.